The molecule has 3 aliphatic carbocycles. The van der Waals surface area contributed by atoms with Crippen molar-refractivity contribution >= 4 is 5.57 Å². The van der Waals surface area contributed by atoms with Crippen molar-refractivity contribution in [2.24, 2.45) is 11.8 Å². The molecular formula is C20H26. The maximum absolute atomic E-state index is 2.40. The number of hydrogen-bond acceptors (Lipinski definition) is 0. The van der Waals surface area contributed by atoms with Crippen LogP contribution in [0.5, 0.6) is 0 Å². The molecular weight excluding hydrogens is 240 g/mol. The number of rotatable bonds is 2. The smallest absolute Gasteiger partial charge is 0 e. The first-order valence-corrected chi connectivity index (χ1v) is 8.40. The van der Waals surface area contributed by atoms with Crippen LogP contribution in [0.4, 0.5) is 0 Å². The predicted molar refractivity (Wildman–Crippen MR) is 87.7 cm³/mol. The van der Waals surface area contributed by atoms with Gasteiger partial charge in [-0.1, -0.05) is 68.2 Å². The highest BCUT2D eigenvalue weighted by Gasteiger charge is 2.39. The van der Waals surface area contributed by atoms with Crippen LogP contribution in [0.1, 0.15) is 63.4 Å². The molecule has 0 heterocycles. The van der Waals surface area contributed by atoms with Crippen molar-refractivity contribution in [2.45, 2.75) is 50.9 Å². The van der Waals surface area contributed by atoms with Crippen LogP contribution in [0.15, 0.2) is 42.5 Å². The molecule has 0 heteroatoms. The van der Waals surface area contributed by atoms with E-state index < -0.39 is 0 Å². The molecule has 4 rings (SSSR count). The summed E-state index contributed by atoms with van der Waals surface area (Å²) in [5, 5.41) is 0. The van der Waals surface area contributed by atoms with E-state index in [0.717, 1.165) is 17.8 Å². The Hall–Kier alpha value is -1.30. The van der Waals surface area contributed by atoms with Crippen molar-refractivity contribution in [1.82, 2.24) is 0 Å². The first-order chi connectivity index (χ1) is 9.92. The van der Waals surface area contributed by atoms with Gasteiger partial charge in [0.1, 0.15) is 0 Å². The fourth-order valence-corrected chi connectivity index (χ4v) is 4.08. The summed E-state index contributed by atoms with van der Waals surface area (Å²) in [7, 11) is 0. The number of benzene rings is 1. The van der Waals surface area contributed by atoms with Crippen molar-refractivity contribution in [2.75, 3.05) is 0 Å². The third-order valence-corrected chi connectivity index (χ3v) is 5.44. The van der Waals surface area contributed by atoms with Gasteiger partial charge >= 0.3 is 0 Å². The average Bonchev–Trinajstić information content (AvgIpc) is 3.30. The maximum atomic E-state index is 2.40. The highest BCUT2D eigenvalue weighted by Crippen LogP contribution is 2.51. The second kappa shape index (κ2) is 5.24. The molecule has 0 bridgehead atoms. The Bertz CT molecular complexity index is 529. The summed E-state index contributed by atoms with van der Waals surface area (Å²) in [6.07, 6.45) is 16.8. The van der Waals surface area contributed by atoms with Gasteiger partial charge in [-0.2, -0.15) is 0 Å². The van der Waals surface area contributed by atoms with Crippen molar-refractivity contribution in [3.8, 4) is 0 Å². The van der Waals surface area contributed by atoms with Crippen LogP contribution in [0, 0.1) is 11.8 Å². The Morgan fingerprint density at radius 3 is 2.40 bits per heavy atom. The van der Waals surface area contributed by atoms with Crippen molar-refractivity contribution < 1.29 is 1.43 Å². The molecule has 0 aromatic heterocycles. The van der Waals surface area contributed by atoms with Crippen LogP contribution in [0.2, 0.25) is 0 Å². The van der Waals surface area contributed by atoms with Crippen molar-refractivity contribution in [1.29, 1.82) is 0 Å². The summed E-state index contributed by atoms with van der Waals surface area (Å²) in [5.41, 5.74) is 4.61. The van der Waals surface area contributed by atoms with Crippen LogP contribution in [0.3, 0.4) is 0 Å². The molecule has 0 saturated heterocycles. The molecule has 20 heavy (non-hydrogen) atoms. The molecule has 2 saturated carbocycles. The number of allylic oxidation sites excluding steroid dienone is 4. The van der Waals surface area contributed by atoms with Gasteiger partial charge in [-0.15, -0.1) is 0 Å². The quantitative estimate of drug-likeness (QED) is 0.579. The monoisotopic (exact) mass is 266 g/mol. The Balaban J connectivity index is 0.00000132. The van der Waals surface area contributed by atoms with E-state index >= 15 is 0 Å². The Morgan fingerprint density at radius 1 is 0.900 bits per heavy atom. The highest BCUT2D eigenvalue weighted by atomic mass is 14.4. The maximum Gasteiger partial charge on any atom is 0 e. The summed E-state index contributed by atoms with van der Waals surface area (Å²) in [6.45, 7) is 0. The molecule has 2 unspecified atom stereocenters. The molecule has 3 aliphatic rings. The van der Waals surface area contributed by atoms with E-state index in [0.29, 0.717) is 0 Å². The summed E-state index contributed by atoms with van der Waals surface area (Å²) in [5.74, 6) is 2.49. The lowest BCUT2D eigenvalue weighted by molar-refractivity contribution is 0.592. The largest absolute Gasteiger partial charge is 0.0808 e. The first-order valence-electron chi connectivity index (χ1n) is 8.40. The third-order valence-electron chi connectivity index (χ3n) is 5.44. The summed E-state index contributed by atoms with van der Waals surface area (Å²) >= 11 is 0. The fraction of sp³-hybridized carbons (Fsp3) is 0.500. The van der Waals surface area contributed by atoms with E-state index in [9.17, 15) is 0 Å². The van der Waals surface area contributed by atoms with Crippen LogP contribution in [0.25, 0.3) is 5.57 Å². The average molecular weight is 266 g/mol. The zero-order valence-corrected chi connectivity index (χ0v) is 12.2. The first kappa shape index (κ1) is 12.4. The molecule has 0 radical (unpaired) electrons. The summed E-state index contributed by atoms with van der Waals surface area (Å²) < 4.78 is 0. The van der Waals surface area contributed by atoms with Crippen LogP contribution < -0.4 is 0 Å². The Morgan fingerprint density at radius 2 is 1.65 bits per heavy atom. The van der Waals surface area contributed by atoms with Gasteiger partial charge in [-0.3, -0.25) is 0 Å². The standard InChI is InChI=1S/C20H24.H2/c1-2-4-7-15(6-3-1)16-10-12-17(13-11-16)19-9-5-8-18-14-20(18)19;/h5,8-13,15,18,20H,1-4,6-7,14H2;1H. The summed E-state index contributed by atoms with van der Waals surface area (Å²) in [4.78, 5) is 0. The van der Waals surface area contributed by atoms with Gasteiger partial charge in [0.2, 0.25) is 0 Å². The van der Waals surface area contributed by atoms with Gasteiger partial charge < -0.3 is 0 Å². The van der Waals surface area contributed by atoms with E-state index in [2.05, 4.69) is 42.5 Å². The molecule has 2 fully saturated rings. The lowest BCUT2D eigenvalue weighted by atomic mass is 9.89. The lowest BCUT2D eigenvalue weighted by Gasteiger charge is -2.16. The van der Waals surface area contributed by atoms with E-state index in [1.807, 2.05) is 0 Å². The van der Waals surface area contributed by atoms with Crippen LogP contribution >= 0.6 is 0 Å². The van der Waals surface area contributed by atoms with Gasteiger partial charge in [-0.25, -0.2) is 0 Å². The molecule has 106 valence electrons. The Labute approximate surface area is 124 Å². The predicted octanol–water partition coefficient (Wildman–Crippen LogP) is 5.96. The van der Waals surface area contributed by atoms with E-state index in [1.54, 1.807) is 11.1 Å². The van der Waals surface area contributed by atoms with Gasteiger partial charge in [0.05, 0.1) is 0 Å². The zero-order valence-electron chi connectivity index (χ0n) is 12.2. The minimum atomic E-state index is 0. The van der Waals surface area contributed by atoms with Gasteiger partial charge in [0.25, 0.3) is 0 Å². The number of fused-ring (bicyclic) bond motifs is 1. The fourth-order valence-electron chi connectivity index (χ4n) is 4.08. The molecule has 0 N–H and O–H groups in total. The Kier molecular flexibility index (Phi) is 3.26. The molecule has 1 aromatic carbocycles. The van der Waals surface area contributed by atoms with E-state index in [4.69, 9.17) is 0 Å². The molecule has 0 amide bonds. The molecule has 1 aromatic rings. The van der Waals surface area contributed by atoms with E-state index in [-0.39, 0.29) is 1.43 Å². The van der Waals surface area contributed by atoms with E-state index in [1.165, 1.54) is 50.5 Å². The topological polar surface area (TPSA) is 0 Å². The molecule has 2 atom stereocenters. The molecule has 0 nitrogen and oxygen atoms in total. The van der Waals surface area contributed by atoms with Crippen LogP contribution in [-0.4, -0.2) is 0 Å². The highest BCUT2D eigenvalue weighted by molar-refractivity contribution is 5.73. The second-order valence-electron chi connectivity index (χ2n) is 6.82. The van der Waals surface area contributed by atoms with Crippen LogP contribution in [-0.2, 0) is 0 Å². The van der Waals surface area contributed by atoms with Gasteiger partial charge in [-0.05, 0) is 53.7 Å². The number of hydrogen-bond donors (Lipinski definition) is 0. The van der Waals surface area contributed by atoms with Gasteiger partial charge in [0, 0.05) is 1.43 Å². The van der Waals surface area contributed by atoms with Crippen molar-refractivity contribution in [3.63, 3.8) is 0 Å². The van der Waals surface area contributed by atoms with Gasteiger partial charge in [0.15, 0.2) is 0 Å². The summed E-state index contributed by atoms with van der Waals surface area (Å²) in [6, 6.07) is 9.56. The molecule has 0 spiro atoms. The second-order valence-corrected chi connectivity index (χ2v) is 6.82. The lowest BCUT2D eigenvalue weighted by Crippen LogP contribution is -1.98. The SMILES string of the molecule is C1=CC2CC2C(c2ccc(C3CCCCCC3)cc2)=C1.[HH]. The zero-order chi connectivity index (χ0) is 13.4. The minimum Gasteiger partial charge on any atom is -0.0808 e. The molecule has 0 aliphatic heterocycles. The van der Waals surface area contributed by atoms with Crippen molar-refractivity contribution in [3.05, 3.63) is 53.6 Å². The third kappa shape index (κ3) is 2.37. The normalized spacial score (nSPS) is 29.5. The minimum absolute atomic E-state index is 0.